The molecule has 176 valence electrons. The highest BCUT2D eigenvalue weighted by atomic mass is 16.5. The Kier molecular flexibility index (Phi) is 8.22. The molecule has 0 bridgehead atoms. The molecule has 0 saturated carbocycles. The van der Waals surface area contributed by atoms with E-state index in [4.69, 9.17) is 4.74 Å². The number of amides is 1. The standard InChI is InChI=1S/C26H33N3O4/c1-5-28(6-2)15-16-29-23(19-11-13-27-14-12-19)22(25(31)26(29)32)24(30)20-7-9-21(10-8-20)33-17-18(3)4/h7-14,18,23,30H,5-6,15-17H2,1-4H3/t23-/m0/s1. The number of hydrogen-bond acceptors (Lipinski definition) is 6. The fourth-order valence-corrected chi connectivity index (χ4v) is 3.92. The number of ether oxygens (including phenoxy) is 1. The predicted octanol–water partition coefficient (Wildman–Crippen LogP) is 3.88. The molecule has 1 N–H and O–H groups in total. The van der Waals surface area contributed by atoms with E-state index in [1.54, 1.807) is 53.7 Å². The summed E-state index contributed by atoms with van der Waals surface area (Å²) in [6.45, 7) is 11.6. The van der Waals surface area contributed by atoms with Crippen molar-refractivity contribution in [2.75, 3.05) is 32.8 Å². The average Bonchev–Trinajstić information content (AvgIpc) is 3.08. The largest absolute Gasteiger partial charge is 0.507 e. The number of ketones is 1. The van der Waals surface area contributed by atoms with Crippen LogP contribution in [0, 0.1) is 5.92 Å². The highest BCUT2D eigenvalue weighted by molar-refractivity contribution is 6.46. The number of aromatic nitrogens is 1. The van der Waals surface area contributed by atoms with Crippen LogP contribution >= 0.6 is 0 Å². The Labute approximate surface area is 195 Å². The van der Waals surface area contributed by atoms with Crippen LogP contribution in [0.3, 0.4) is 0 Å². The Morgan fingerprint density at radius 1 is 1.09 bits per heavy atom. The first kappa shape index (κ1) is 24.5. The number of rotatable bonds is 10. The van der Waals surface area contributed by atoms with Crippen LogP contribution < -0.4 is 4.74 Å². The summed E-state index contributed by atoms with van der Waals surface area (Å²) < 4.78 is 5.71. The number of aliphatic hydroxyl groups excluding tert-OH is 1. The molecule has 2 aromatic rings. The lowest BCUT2D eigenvalue weighted by Crippen LogP contribution is -2.38. The Bertz CT molecular complexity index is 982. The van der Waals surface area contributed by atoms with Gasteiger partial charge in [0, 0.05) is 31.0 Å². The number of pyridine rings is 1. The molecule has 2 heterocycles. The normalized spacial score (nSPS) is 17.9. The molecule has 1 amide bonds. The van der Waals surface area contributed by atoms with E-state index in [-0.39, 0.29) is 11.3 Å². The fraction of sp³-hybridized carbons (Fsp3) is 0.423. The number of carbonyl (C=O) groups is 2. The van der Waals surface area contributed by atoms with Crippen LogP contribution in [0.25, 0.3) is 5.76 Å². The Morgan fingerprint density at radius 3 is 2.30 bits per heavy atom. The van der Waals surface area contributed by atoms with Crippen LogP contribution in [0.15, 0.2) is 54.4 Å². The van der Waals surface area contributed by atoms with E-state index in [1.807, 2.05) is 0 Å². The van der Waals surface area contributed by atoms with E-state index in [0.29, 0.717) is 36.9 Å². The van der Waals surface area contributed by atoms with Crippen LogP contribution in [-0.2, 0) is 9.59 Å². The van der Waals surface area contributed by atoms with Crippen molar-refractivity contribution < 1.29 is 19.4 Å². The van der Waals surface area contributed by atoms with Crippen LogP contribution in [0.5, 0.6) is 5.75 Å². The van der Waals surface area contributed by atoms with Crippen molar-refractivity contribution >= 4 is 17.4 Å². The molecule has 7 heteroatoms. The smallest absolute Gasteiger partial charge is 0.295 e. The van der Waals surface area contributed by atoms with E-state index >= 15 is 0 Å². The summed E-state index contributed by atoms with van der Waals surface area (Å²) in [7, 11) is 0. The van der Waals surface area contributed by atoms with Crippen molar-refractivity contribution in [3.63, 3.8) is 0 Å². The van der Waals surface area contributed by atoms with E-state index < -0.39 is 17.7 Å². The van der Waals surface area contributed by atoms with Gasteiger partial charge in [0.25, 0.3) is 11.7 Å². The van der Waals surface area contributed by atoms with Gasteiger partial charge in [0.2, 0.25) is 0 Å². The number of likely N-dealkylation sites (tertiary alicyclic amines) is 1. The van der Waals surface area contributed by atoms with Gasteiger partial charge < -0.3 is 19.6 Å². The highest BCUT2D eigenvalue weighted by Gasteiger charge is 2.45. The van der Waals surface area contributed by atoms with Gasteiger partial charge in [-0.3, -0.25) is 14.6 Å². The predicted molar refractivity (Wildman–Crippen MR) is 128 cm³/mol. The molecule has 7 nitrogen and oxygen atoms in total. The minimum Gasteiger partial charge on any atom is -0.507 e. The quantitative estimate of drug-likeness (QED) is 0.335. The summed E-state index contributed by atoms with van der Waals surface area (Å²) >= 11 is 0. The zero-order valence-electron chi connectivity index (χ0n) is 19.8. The first-order valence-electron chi connectivity index (χ1n) is 11.5. The fourth-order valence-electron chi connectivity index (χ4n) is 3.92. The Hall–Kier alpha value is -3.19. The molecule has 33 heavy (non-hydrogen) atoms. The Balaban J connectivity index is 1.98. The van der Waals surface area contributed by atoms with Crippen LogP contribution in [-0.4, -0.2) is 64.4 Å². The molecule has 0 unspecified atom stereocenters. The van der Waals surface area contributed by atoms with Crippen molar-refractivity contribution in [3.8, 4) is 5.75 Å². The second-order valence-corrected chi connectivity index (χ2v) is 8.53. The third-order valence-electron chi connectivity index (χ3n) is 5.82. The van der Waals surface area contributed by atoms with Gasteiger partial charge in [0.15, 0.2) is 0 Å². The molecule has 3 rings (SSSR count). The summed E-state index contributed by atoms with van der Waals surface area (Å²) in [4.78, 5) is 33.9. The maximum atomic E-state index is 13.1. The van der Waals surface area contributed by atoms with Gasteiger partial charge in [-0.05, 0) is 61.0 Å². The number of likely N-dealkylation sites (N-methyl/N-ethyl adjacent to an activating group) is 1. The summed E-state index contributed by atoms with van der Waals surface area (Å²) in [5.41, 5.74) is 1.30. The van der Waals surface area contributed by atoms with Gasteiger partial charge in [0.05, 0.1) is 18.2 Å². The monoisotopic (exact) mass is 451 g/mol. The zero-order chi connectivity index (χ0) is 24.0. The first-order valence-corrected chi connectivity index (χ1v) is 11.5. The third kappa shape index (κ3) is 5.60. The lowest BCUT2D eigenvalue weighted by Gasteiger charge is -2.28. The lowest BCUT2D eigenvalue weighted by atomic mass is 9.96. The van der Waals surface area contributed by atoms with Crippen molar-refractivity contribution in [1.82, 2.24) is 14.8 Å². The second-order valence-electron chi connectivity index (χ2n) is 8.53. The van der Waals surface area contributed by atoms with E-state index in [1.165, 1.54) is 0 Å². The molecule has 0 radical (unpaired) electrons. The van der Waals surface area contributed by atoms with E-state index in [0.717, 1.165) is 18.7 Å². The zero-order valence-corrected chi connectivity index (χ0v) is 19.8. The molecular formula is C26H33N3O4. The molecule has 1 fully saturated rings. The number of Topliss-reactive ketones (excluding diaryl/α,β-unsaturated/α-hetero) is 1. The number of nitrogens with zero attached hydrogens (tertiary/aromatic N) is 3. The topological polar surface area (TPSA) is 83.0 Å². The lowest BCUT2D eigenvalue weighted by molar-refractivity contribution is -0.140. The summed E-state index contributed by atoms with van der Waals surface area (Å²) in [5, 5.41) is 11.1. The van der Waals surface area contributed by atoms with E-state index in [2.05, 4.69) is 37.6 Å². The van der Waals surface area contributed by atoms with Crippen LogP contribution in [0.1, 0.15) is 44.9 Å². The molecule has 1 aromatic heterocycles. The van der Waals surface area contributed by atoms with E-state index in [9.17, 15) is 14.7 Å². The molecule has 0 aliphatic carbocycles. The van der Waals surface area contributed by atoms with Crippen molar-refractivity contribution in [2.45, 2.75) is 33.7 Å². The van der Waals surface area contributed by atoms with Gasteiger partial charge >= 0.3 is 0 Å². The molecule has 1 atom stereocenters. The molecule has 1 aliphatic rings. The maximum Gasteiger partial charge on any atom is 0.295 e. The number of aliphatic hydroxyl groups is 1. The van der Waals surface area contributed by atoms with Gasteiger partial charge in [-0.1, -0.05) is 27.7 Å². The molecule has 1 aromatic carbocycles. The van der Waals surface area contributed by atoms with Gasteiger partial charge in [-0.15, -0.1) is 0 Å². The van der Waals surface area contributed by atoms with Crippen molar-refractivity contribution in [2.24, 2.45) is 5.92 Å². The average molecular weight is 452 g/mol. The Morgan fingerprint density at radius 2 is 1.73 bits per heavy atom. The maximum absolute atomic E-state index is 13.1. The summed E-state index contributed by atoms with van der Waals surface area (Å²) in [5.74, 6) is -0.372. The SMILES string of the molecule is CCN(CC)CCN1C(=O)C(=O)C(=C(O)c2ccc(OCC(C)C)cc2)[C@@H]1c1ccncc1. The molecule has 1 aliphatic heterocycles. The second kappa shape index (κ2) is 11.1. The van der Waals surface area contributed by atoms with Gasteiger partial charge in [-0.25, -0.2) is 0 Å². The third-order valence-corrected chi connectivity index (χ3v) is 5.82. The highest BCUT2D eigenvalue weighted by Crippen LogP contribution is 2.39. The van der Waals surface area contributed by atoms with Crippen LogP contribution in [0.2, 0.25) is 0 Å². The number of benzene rings is 1. The molecular weight excluding hydrogens is 418 g/mol. The summed E-state index contributed by atoms with van der Waals surface area (Å²) in [6.07, 6.45) is 3.25. The van der Waals surface area contributed by atoms with Gasteiger partial charge in [-0.2, -0.15) is 0 Å². The van der Waals surface area contributed by atoms with Crippen molar-refractivity contribution in [1.29, 1.82) is 0 Å². The van der Waals surface area contributed by atoms with Gasteiger partial charge in [0.1, 0.15) is 11.5 Å². The molecule has 1 saturated heterocycles. The van der Waals surface area contributed by atoms with Crippen molar-refractivity contribution in [3.05, 3.63) is 65.5 Å². The minimum absolute atomic E-state index is 0.0987. The minimum atomic E-state index is -0.672. The summed E-state index contributed by atoms with van der Waals surface area (Å²) in [6, 6.07) is 9.81. The number of hydrogen-bond donors (Lipinski definition) is 1. The van der Waals surface area contributed by atoms with Crippen LogP contribution in [0.4, 0.5) is 0 Å². The number of carbonyl (C=O) groups excluding carboxylic acids is 2. The first-order chi connectivity index (χ1) is 15.9. The molecule has 0 spiro atoms.